The Labute approximate surface area is 111 Å². The summed E-state index contributed by atoms with van der Waals surface area (Å²) >= 11 is 0. The van der Waals surface area contributed by atoms with Crippen LogP contribution in [0.1, 0.15) is 11.3 Å². The Bertz CT molecular complexity index is 564. The first-order chi connectivity index (χ1) is 9.19. The standard InChI is InChI=1S/C13H17N5O/c1-10-5-3-4-6-12(10)15-13(19)9-18-8-11(7-14-2)16-17-18/h3-6,8,14H,7,9H2,1-2H3,(H,15,19). The molecular weight excluding hydrogens is 242 g/mol. The van der Waals surface area contributed by atoms with Gasteiger partial charge in [0.15, 0.2) is 0 Å². The smallest absolute Gasteiger partial charge is 0.246 e. The lowest BCUT2D eigenvalue weighted by molar-refractivity contribution is -0.116. The van der Waals surface area contributed by atoms with Gasteiger partial charge in [0.2, 0.25) is 5.91 Å². The summed E-state index contributed by atoms with van der Waals surface area (Å²) in [6, 6.07) is 7.66. The van der Waals surface area contributed by atoms with E-state index in [1.54, 1.807) is 6.20 Å². The van der Waals surface area contributed by atoms with Crippen molar-refractivity contribution in [2.45, 2.75) is 20.0 Å². The lowest BCUT2D eigenvalue weighted by atomic mass is 10.2. The SMILES string of the molecule is CNCc1cn(CC(=O)Nc2ccccc2C)nn1. The minimum atomic E-state index is -0.116. The van der Waals surface area contributed by atoms with E-state index >= 15 is 0 Å². The first kappa shape index (κ1) is 13.2. The van der Waals surface area contributed by atoms with Gasteiger partial charge in [0.05, 0.1) is 11.9 Å². The van der Waals surface area contributed by atoms with Crippen LogP contribution in [0.3, 0.4) is 0 Å². The molecule has 0 aliphatic carbocycles. The van der Waals surface area contributed by atoms with Crippen LogP contribution in [0.2, 0.25) is 0 Å². The summed E-state index contributed by atoms with van der Waals surface area (Å²) < 4.78 is 1.53. The Morgan fingerprint density at radius 2 is 2.16 bits per heavy atom. The first-order valence-electron chi connectivity index (χ1n) is 6.08. The number of anilines is 1. The van der Waals surface area contributed by atoms with Gasteiger partial charge in [-0.3, -0.25) is 4.79 Å². The summed E-state index contributed by atoms with van der Waals surface area (Å²) in [5.74, 6) is -0.116. The van der Waals surface area contributed by atoms with Gasteiger partial charge in [-0.1, -0.05) is 23.4 Å². The molecule has 0 bridgehead atoms. The minimum absolute atomic E-state index is 0.116. The third-order valence-corrected chi connectivity index (χ3v) is 2.67. The quantitative estimate of drug-likeness (QED) is 0.838. The van der Waals surface area contributed by atoms with Gasteiger partial charge >= 0.3 is 0 Å². The van der Waals surface area contributed by atoms with E-state index in [4.69, 9.17) is 0 Å². The number of rotatable bonds is 5. The third kappa shape index (κ3) is 3.62. The van der Waals surface area contributed by atoms with Gasteiger partial charge in [0.25, 0.3) is 0 Å². The van der Waals surface area contributed by atoms with Crippen molar-refractivity contribution in [3.63, 3.8) is 0 Å². The molecule has 0 spiro atoms. The highest BCUT2D eigenvalue weighted by atomic mass is 16.2. The predicted octanol–water partition coefficient (Wildman–Crippen LogP) is 0.945. The van der Waals surface area contributed by atoms with E-state index in [1.165, 1.54) is 4.68 Å². The summed E-state index contributed by atoms with van der Waals surface area (Å²) in [4.78, 5) is 11.9. The fraction of sp³-hybridized carbons (Fsp3) is 0.308. The monoisotopic (exact) mass is 259 g/mol. The number of carbonyl (C=O) groups is 1. The average Bonchev–Trinajstić information content (AvgIpc) is 2.80. The molecule has 0 unspecified atom stereocenters. The summed E-state index contributed by atoms with van der Waals surface area (Å²) in [5, 5.41) is 13.7. The Hall–Kier alpha value is -2.21. The van der Waals surface area contributed by atoms with Crippen molar-refractivity contribution in [1.29, 1.82) is 0 Å². The van der Waals surface area contributed by atoms with Gasteiger partial charge in [-0.25, -0.2) is 4.68 Å². The molecule has 1 aromatic carbocycles. The van der Waals surface area contributed by atoms with Crippen molar-refractivity contribution < 1.29 is 4.79 Å². The van der Waals surface area contributed by atoms with Gasteiger partial charge in [-0.2, -0.15) is 0 Å². The molecule has 2 aromatic rings. The maximum atomic E-state index is 11.9. The first-order valence-corrected chi connectivity index (χ1v) is 6.08. The number of carbonyl (C=O) groups excluding carboxylic acids is 1. The van der Waals surface area contributed by atoms with Gasteiger partial charge in [0, 0.05) is 12.2 Å². The van der Waals surface area contributed by atoms with Crippen molar-refractivity contribution in [1.82, 2.24) is 20.3 Å². The largest absolute Gasteiger partial charge is 0.324 e. The molecule has 1 amide bonds. The summed E-state index contributed by atoms with van der Waals surface area (Å²) in [5.41, 5.74) is 2.67. The van der Waals surface area contributed by atoms with Crippen LogP contribution in [0, 0.1) is 6.92 Å². The van der Waals surface area contributed by atoms with Crippen LogP contribution in [0.25, 0.3) is 0 Å². The molecule has 2 N–H and O–H groups in total. The zero-order valence-electron chi connectivity index (χ0n) is 11.1. The second kappa shape index (κ2) is 6.10. The molecule has 100 valence electrons. The Kier molecular flexibility index (Phi) is 4.25. The molecular formula is C13H17N5O. The van der Waals surface area contributed by atoms with Crippen molar-refractivity contribution in [2.75, 3.05) is 12.4 Å². The highest BCUT2D eigenvalue weighted by Gasteiger charge is 2.07. The fourth-order valence-corrected chi connectivity index (χ4v) is 1.73. The van der Waals surface area contributed by atoms with Gasteiger partial charge in [0.1, 0.15) is 6.54 Å². The van der Waals surface area contributed by atoms with E-state index in [9.17, 15) is 4.79 Å². The number of nitrogens with one attached hydrogen (secondary N) is 2. The lowest BCUT2D eigenvalue weighted by Gasteiger charge is -2.07. The molecule has 1 aromatic heterocycles. The Balaban J connectivity index is 1.95. The molecule has 0 saturated carbocycles. The van der Waals surface area contributed by atoms with E-state index in [-0.39, 0.29) is 12.5 Å². The normalized spacial score (nSPS) is 10.4. The van der Waals surface area contributed by atoms with Crippen LogP contribution in [-0.4, -0.2) is 27.9 Å². The van der Waals surface area contributed by atoms with Crippen LogP contribution < -0.4 is 10.6 Å². The van der Waals surface area contributed by atoms with Crippen molar-refractivity contribution in [2.24, 2.45) is 0 Å². The molecule has 0 aliphatic heterocycles. The van der Waals surface area contributed by atoms with E-state index in [2.05, 4.69) is 20.9 Å². The number of hydrogen-bond acceptors (Lipinski definition) is 4. The molecule has 1 heterocycles. The molecule has 6 nitrogen and oxygen atoms in total. The van der Waals surface area contributed by atoms with Gasteiger partial charge in [-0.05, 0) is 25.6 Å². The van der Waals surface area contributed by atoms with Gasteiger partial charge in [-0.15, -0.1) is 5.10 Å². The Morgan fingerprint density at radius 3 is 2.89 bits per heavy atom. The summed E-state index contributed by atoms with van der Waals surface area (Å²) in [7, 11) is 1.84. The second-order valence-electron chi connectivity index (χ2n) is 4.30. The summed E-state index contributed by atoms with van der Waals surface area (Å²) in [6.45, 7) is 2.75. The number of nitrogens with zero attached hydrogens (tertiary/aromatic N) is 3. The highest BCUT2D eigenvalue weighted by Crippen LogP contribution is 2.12. The van der Waals surface area contributed by atoms with Crippen LogP contribution in [0.4, 0.5) is 5.69 Å². The number of amides is 1. The van der Waals surface area contributed by atoms with E-state index in [1.807, 2.05) is 38.2 Å². The molecule has 6 heteroatoms. The molecule has 19 heavy (non-hydrogen) atoms. The minimum Gasteiger partial charge on any atom is -0.324 e. The lowest BCUT2D eigenvalue weighted by Crippen LogP contribution is -2.19. The fourth-order valence-electron chi connectivity index (χ4n) is 1.73. The zero-order valence-corrected chi connectivity index (χ0v) is 11.1. The number of aromatic nitrogens is 3. The maximum absolute atomic E-state index is 11.9. The van der Waals surface area contributed by atoms with Crippen molar-refractivity contribution in [3.8, 4) is 0 Å². The number of para-hydroxylation sites is 1. The number of hydrogen-bond donors (Lipinski definition) is 2. The van der Waals surface area contributed by atoms with E-state index in [0.717, 1.165) is 16.9 Å². The van der Waals surface area contributed by atoms with Crippen LogP contribution in [0.15, 0.2) is 30.5 Å². The third-order valence-electron chi connectivity index (χ3n) is 2.67. The molecule has 0 fully saturated rings. The molecule has 0 atom stereocenters. The van der Waals surface area contributed by atoms with E-state index < -0.39 is 0 Å². The Morgan fingerprint density at radius 1 is 1.37 bits per heavy atom. The predicted molar refractivity (Wildman–Crippen MR) is 72.6 cm³/mol. The maximum Gasteiger partial charge on any atom is 0.246 e. The molecule has 2 rings (SSSR count). The number of aryl methyl sites for hydroxylation is 1. The van der Waals surface area contributed by atoms with Crippen molar-refractivity contribution in [3.05, 3.63) is 41.7 Å². The number of benzene rings is 1. The van der Waals surface area contributed by atoms with Crippen LogP contribution in [-0.2, 0) is 17.9 Å². The summed E-state index contributed by atoms with van der Waals surface area (Å²) in [6.07, 6.45) is 1.76. The van der Waals surface area contributed by atoms with E-state index in [0.29, 0.717) is 6.54 Å². The second-order valence-corrected chi connectivity index (χ2v) is 4.30. The van der Waals surface area contributed by atoms with Crippen molar-refractivity contribution >= 4 is 11.6 Å². The van der Waals surface area contributed by atoms with Crippen LogP contribution >= 0.6 is 0 Å². The molecule has 0 radical (unpaired) electrons. The average molecular weight is 259 g/mol. The highest BCUT2D eigenvalue weighted by molar-refractivity contribution is 5.91. The molecule has 0 saturated heterocycles. The topological polar surface area (TPSA) is 71.8 Å². The molecule has 0 aliphatic rings. The zero-order chi connectivity index (χ0) is 13.7. The van der Waals surface area contributed by atoms with Gasteiger partial charge < -0.3 is 10.6 Å². The van der Waals surface area contributed by atoms with Crippen LogP contribution in [0.5, 0.6) is 0 Å².